The van der Waals surface area contributed by atoms with Crippen LogP contribution in [0.25, 0.3) is 11.3 Å². The van der Waals surface area contributed by atoms with E-state index < -0.39 is 0 Å². The number of nitrogens with one attached hydrogen (secondary N) is 1. The lowest BCUT2D eigenvalue weighted by molar-refractivity contribution is 0.443. The van der Waals surface area contributed by atoms with Crippen LogP contribution in [0.1, 0.15) is 43.6 Å². The van der Waals surface area contributed by atoms with Crippen LogP contribution in [0, 0.1) is 0 Å². The molecule has 2 aromatic rings. The molecule has 0 spiro atoms. The molecule has 0 radical (unpaired) electrons. The minimum Gasteiger partial charge on any atom is -0.369 e. The van der Waals surface area contributed by atoms with Gasteiger partial charge in [-0.05, 0) is 40.3 Å². The van der Waals surface area contributed by atoms with Crippen molar-refractivity contribution >= 4 is 21.9 Å². The Balaban J connectivity index is 1.84. The third-order valence-electron chi connectivity index (χ3n) is 3.94. The zero-order valence-electron chi connectivity index (χ0n) is 10.8. The van der Waals surface area contributed by atoms with E-state index in [-0.39, 0.29) is 0 Å². The molecule has 100 valence electrons. The Morgan fingerprint density at radius 3 is 2.37 bits per heavy atom. The second-order valence-corrected chi connectivity index (χ2v) is 6.03. The molecule has 3 rings (SSSR count). The van der Waals surface area contributed by atoms with Gasteiger partial charge in [-0.25, -0.2) is 4.98 Å². The van der Waals surface area contributed by atoms with Crippen LogP contribution in [-0.4, -0.2) is 9.97 Å². The SMILES string of the molecule is Nc1nc(-c2ccc(C3CCCCC3)cc2)c(Br)[nH]1. The summed E-state index contributed by atoms with van der Waals surface area (Å²) in [4.78, 5) is 7.27. The first-order valence-electron chi connectivity index (χ1n) is 6.85. The summed E-state index contributed by atoms with van der Waals surface area (Å²) in [6.07, 6.45) is 6.80. The van der Waals surface area contributed by atoms with Gasteiger partial charge in [0.05, 0.1) is 0 Å². The Morgan fingerprint density at radius 1 is 1.11 bits per heavy atom. The molecule has 4 heteroatoms. The molecule has 0 unspecified atom stereocenters. The Hall–Kier alpha value is -1.29. The van der Waals surface area contributed by atoms with Gasteiger partial charge in [-0.2, -0.15) is 0 Å². The fraction of sp³-hybridized carbons (Fsp3) is 0.400. The molecule has 0 aliphatic heterocycles. The van der Waals surface area contributed by atoms with Crippen molar-refractivity contribution in [3.05, 3.63) is 34.4 Å². The van der Waals surface area contributed by atoms with E-state index in [1.807, 2.05) is 0 Å². The van der Waals surface area contributed by atoms with E-state index in [1.165, 1.54) is 37.7 Å². The van der Waals surface area contributed by atoms with Crippen LogP contribution < -0.4 is 5.73 Å². The number of nitrogen functional groups attached to an aromatic ring is 1. The number of hydrogen-bond donors (Lipinski definition) is 2. The fourth-order valence-corrected chi connectivity index (χ4v) is 3.43. The van der Waals surface area contributed by atoms with E-state index in [0.717, 1.165) is 21.8 Å². The quantitative estimate of drug-likeness (QED) is 0.858. The minimum absolute atomic E-state index is 0.443. The van der Waals surface area contributed by atoms with Crippen LogP contribution >= 0.6 is 15.9 Å². The predicted molar refractivity (Wildman–Crippen MR) is 82.0 cm³/mol. The Bertz CT molecular complexity index is 553. The second kappa shape index (κ2) is 5.37. The highest BCUT2D eigenvalue weighted by Crippen LogP contribution is 2.34. The molecule has 1 aliphatic rings. The van der Waals surface area contributed by atoms with Crippen LogP contribution in [0.2, 0.25) is 0 Å². The number of hydrogen-bond acceptors (Lipinski definition) is 2. The first-order chi connectivity index (χ1) is 9.24. The molecule has 3 N–H and O–H groups in total. The maximum Gasteiger partial charge on any atom is 0.198 e. The van der Waals surface area contributed by atoms with E-state index in [9.17, 15) is 0 Å². The van der Waals surface area contributed by atoms with Crippen LogP contribution in [0.5, 0.6) is 0 Å². The summed E-state index contributed by atoms with van der Waals surface area (Å²) < 4.78 is 0.843. The van der Waals surface area contributed by atoms with Gasteiger partial charge >= 0.3 is 0 Å². The van der Waals surface area contributed by atoms with Crippen molar-refractivity contribution in [2.75, 3.05) is 5.73 Å². The summed E-state index contributed by atoms with van der Waals surface area (Å²) in [5, 5.41) is 0. The van der Waals surface area contributed by atoms with Crippen LogP contribution in [0.4, 0.5) is 5.95 Å². The number of nitrogens with two attached hydrogens (primary N) is 1. The van der Waals surface area contributed by atoms with Crippen molar-refractivity contribution in [3.8, 4) is 11.3 Å². The van der Waals surface area contributed by atoms with Crippen molar-refractivity contribution in [1.29, 1.82) is 0 Å². The number of aromatic nitrogens is 2. The van der Waals surface area contributed by atoms with Gasteiger partial charge in [-0.3, -0.25) is 0 Å². The largest absolute Gasteiger partial charge is 0.369 e. The topological polar surface area (TPSA) is 54.7 Å². The summed E-state index contributed by atoms with van der Waals surface area (Å²) >= 11 is 3.45. The standard InChI is InChI=1S/C15H18BrN3/c16-14-13(18-15(17)19-14)12-8-6-11(7-9-12)10-4-2-1-3-5-10/h6-10H,1-5H2,(H3,17,18,19). The molecule has 1 aromatic heterocycles. The maximum atomic E-state index is 5.67. The van der Waals surface area contributed by atoms with Crippen molar-refractivity contribution < 1.29 is 0 Å². The summed E-state index contributed by atoms with van der Waals surface area (Å²) in [5.74, 6) is 1.19. The lowest BCUT2D eigenvalue weighted by Crippen LogP contribution is -2.04. The third kappa shape index (κ3) is 2.68. The first kappa shape index (κ1) is 12.7. The maximum absolute atomic E-state index is 5.67. The highest BCUT2D eigenvalue weighted by atomic mass is 79.9. The van der Waals surface area contributed by atoms with Crippen LogP contribution in [-0.2, 0) is 0 Å². The number of aromatic amines is 1. The zero-order valence-corrected chi connectivity index (χ0v) is 12.4. The van der Waals surface area contributed by atoms with E-state index >= 15 is 0 Å². The highest BCUT2D eigenvalue weighted by molar-refractivity contribution is 9.10. The van der Waals surface area contributed by atoms with E-state index in [4.69, 9.17) is 5.73 Å². The zero-order chi connectivity index (χ0) is 13.2. The molecular formula is C15H18BrN3. The van der Waals surface area contributed by atoms with Gasteiger partial charge in [0.15, 0.2) is 5.95 Å². The second-order valence-electron chi connectivity index (χ2n) is 5.24. The van der Waals surface area contributed by atoms with Crippen LogP contribution in [0.15, 0.2) is 28.9 Å². The minimum atomic E-state index is 0.443. The Labute approximate surface area is 121 Å². The lowest BCUT2D eigenvalue weighted by Gasteiger charge is -2.22. The van der Waals surface area contributed by atoms with Gasteiger partial charge in [0.2, 0.25) is 0 Å². The number of H-pyrrole nitrogens is 1. The Kier molecular flexibility index (Phi) is 3.60. The van der Waals surface area contributed by atoms with Crippen molar-refractivity contribution in [2.24, 2.45) is 0 Å². The van der Waals surface area contributed by atoms with Gasteiger partial charge in [-0.15, -0.1) is 0 Å². The number of anilines is 1. The summed E-state index contributed by atoms with van der Waals surface area (Å²) in [5.41, 5.74) is 9.11. The normalized spacial score (nSPS) is 16.7. The van der Waals surface area contributed by atoms with E-state index in [2.05, 4.69) is 50.2 Å². The summed E-state index contributed by atoms with van der Waals surface area (Å²) in [7, 11) is 0. The molecule has 0 saturated heterocycles. The van der Waals surface area contributed by atoms with Crippen molar-refractivity contribution in [2.45, 2.75) is 38.0 Å². The first-order valence-corrected chi connectivity index (χ1v) is 7.64. The summed E-state index contributed by atoms with van der Waals surface area (Å²) in [6.45, 7) is 0. The molecule has 1 aliphatic carbocycles. The summed E-state index contributed by atoms with van der Waals surface area (Å²) in [6, 6.07) is 8.76. The average molecular weight is 320 g/mol. The molecule has 0 atom stereocenters. The number of imidazole rings is 1. The average Bonchev–Trinajstić information content (AvgIpc) is 2.79. The molecule has 3 nitrogen and oxygen atoms in total. The fourth-order valence-electron chi connectivity index (χ4n) is 2.91. The van der Waals surface area contributed by atoms with Crippen LogP contribution in [0.3, 0.4) is 0 Å². The van der Waals surface area contributed by atoms with Crippen molar-refractivity contribution in [1.82, 2.24) is 9.97 Å². The van der Waals surface area contributed by atoms with Crippen molar-refractivity contribution in [3.63, 3.8) is 0 Å². The number of halogens is 1. The highest BCUT2D eigenvalue weighted by Gasteiger charge is 2.16. The number of rotatable bonds is 2. The van der Waals surface area contributed by atoms with Gasteiger partial charge < -0.3 is 10.7 Å². The molecule has 1 heterocycles. The van der Waals surface area contributed by atoms with Gasteiger partial charge in [-0.1, -0.05) is 43.5 Å². The molecule has 19 heavy (non-hydrogen) atoms. The third-order valence-corrected chi connectivity index (χ3v) is 4.51. The Morgan fingerprint density at radius 2 is 1.79 bits per heavy atom. The molecule has 0 bridgehead atoms. The monoisotopic (exact) mass is 319 g/mol. The predicted octanol–water partition coefficient (Wildman–Crippen LogP) is 4.47. The molecule has 1 saturated carbocycles. The number of benzene rings is 1. The molecule has 1 aromatic carbocycles. The van der Waals surface area contributed by atoms with Gasteiger partial charge in [0, 0.05) is 5.56 Å². The van der Waals surface area contributed by atoms with Gasteiger partial charge in [0.1, 0.15) is 10.3 Å². The molecule has 0 amide bonds. The molecular weight excluding hydrogens is 302 g/mol. The van der Waals surface area contributed by atoms with Gasteiger partial charge in [0.25, 0.3) is 0 Å². The lowest BCUT2D eigenvalue weighted by atomic mass is 9.84. The number of nitrogens with zero attached hydrogens (tertiary/aromatic N) is 1. The van der Waals surface area contributed by atoms with E-state index in [1.54, 1.807) is 0 Å². The smallest absolute Gasteiger partial charge is 0.198 e. The molecule has 1 fully saturated rings. The van der Waals surface area contributed by atoms with E-state index in [0.29, 0.717) is 5.95 Å².